The fraction of sp³-hybridized carbons (Fsp3) is 0.100. The zero-order chi connectivity index (χ0) is 17.6. The fourth-order valence-corrected chi connectivity index (χ4v) is 2.55. The number of nitrogens with one attached hydrogen (secondary N) is 2. The van der Waals surface area contributed by atoms with E-state index in [0.29, 0.717) is 5.56 Å². The molecule has 0 radical (unpaired) electrons. The maximum atomic E-state index is 12.8. The Morgan fingerprint density at radius 1 is 0.720 bits per heavy atom. The highest BCUT2D eigenvalue weighted by Crippen LogP contribution is 2.15. The molecule has 0 bridgehead atoms. The molecule has 0 heterocycles. The van der Waals surface area contributed by atoms with Gasteiger partial charge in [0.05, 0.1) is 12.8 Å². The Morgan fingerprint density at radius 3 is 1.96 bits per heavy atom. The highest BCUT2D eigenvalue weighted by molar-refractivity contribution is 5.87. The Morgan fingerprint density at radius 2 is 1.28 bits per heavy atom. The second-order valence-corrected chi connectivity index (χ2v) is 5.76. The average molecular weight is 336 g/mol. The molecule has 0 aromatic heterocycles. The van der Waals surface area contributed by atoms with Crippen LogP contribution in [0.25, 0.3) is 10.8 Å². The van der Waals surface area contributed by atoms with Gasteiger partial charge in [0.15, 0.2) is 0 Å². The van der Waals surface area contributed by atoms with Crippen LogP contribution in [0.4, 0.5) is 4.39 Å². The SMILES string of the molecule is O=C(Cc1ccc(F)cc1)NNC(=O)Cc1ccc2ccccc2c1. The van der Waals surface area contributed by atoms with E-state index in [1.807, 2.05) is 42.5 Å². The summed E-state index contributed by atoms with van der Waals surface area (Å²) in [5.41, 5.74) is 6.30. The van der Waals surface area contributed by atoms with E-state index in [0.717, 1.165) is 16.3 Å². The number of rotatable bonds is 4. The summed E-state index contributed by atoms with van der Waals surface area (Å²) in [5, 5.41) is 2.17. The van der Waals surface area contributed by atoms with Crippen molar-refractivity contribution in [3.63, 3.8) is 0 Å². The van der Waals surface area contributed by atoms with Gasteiger partial charge in [-0.15, -0.1) is 0 Å². The van der Waals surface area contributed by atoms with Crippen molar-refractivity contribution in [1.82, 2.24) is 10.9 Å². The van der Waals surface area contributed by atoms with Gasteiger partial charge >= 0.3 is 0 Å². The van der Waals surface area contributed by atoms with Crippen LogP contribution in [0, 0.1) is 5.82 Å². The molecular weight excluding hydrogens is 319 g/mol. The Bertz CT molecular complexity index is 907. The number of fused-ring (bicyclic) bond motifs is 1. The van der Waals surface area contributed by atoms with Crippen LogP contribution < -0.4 is 10.9 Å². The second kappa shape index (κ2) is 7.57. The molecule has 0 aliphatic carbocycles. The van der Waals surface area contributed by atoms with Crippen molar-refractivity contribution in [2.24, 2.45) is 0 Å². The number of hydrogen-bond acceptors (Lipinski definition) is 2. The number of benzene rings is 3. The smallest absolute Gasteiger partial charge is 0.242 e. The maximum absolute atomic E-state index is 12.8. The van der Waals surface area contributed by atoms with E-state index in [9.17, 15) is 14.0 Å². The van der Waals surface area contributed by atoms with E-state index in [-0.39, 0.29) is 30.5 Å². The number of amides is 2. The number of halogens is 1. The molecule has 3 rings (SSSR count). The highest BCUT2D eigenvalue weighted by Gasteiger charge is 2.07. The summed E-state index contributed by atoms with van der Waals surface area (Å²) in [4.78, 5) is 23.8. The first-order valence-electron chi connectivity index (χ1n) is 7.90. The minimum atomic E-state index is -0.363. The van der Waals surface area contributed by atoms with E-state index < -0.39 is 0 Å². The highest BCUT2D eigenvalue weighted by atomic mass is 19.1. The predicted octanol–water partition coefficient (Wildman–Crippen LogP) is 2.91. The molecular formula is C20H17FN2O2. The lowest BCUT2D eigenvalue weighted by molar-refractivity contribution is -0.128. The lowest BCUT2D eigenvalue weighted by atomic mass is 10.1. The molecule has 126 valence electrons. The number of hydrogen-bond donors (Lipinski definition) is 2. The molecule has 0 unspecified atom stereocenters. The van der Waals surface area contributed by atoms with Crippen LogP contribution in [0.5, 0.6) is 0 Å². The topological polar surface area (TPSA) is 58.2 Å². The molecule has 0 aliphatic rings. The van der Waals surface area contributed by atoms with Gasteiger partial charge in [0, 0.05) is 0 Å². The Balaban J connectivity index is 1.51. The molecule has 25 heavy (non-hydrogen) atoms. The predicted molar refractivity (Wildman–Crippen MR) is 94.0 cm³/mol. The molecule has 2 N–H and O–H groups in total. The first kappa shape index (κ1) is 16.6. The molecule has 2 amide bonds. The molecule has 0 aliphatic heterocycles. The van der Waals surface area contributed by atoms with Crippen LogP contribution >= 0.6 is 0 Å². The van der Waals surface area contributed by atoms with Crippen molar-refractivity contribution in [2.45, 2.75) is 12.8 Å². The van der Waals surface area contributed by atoms with Crippen LogP contribution in [0.15, 0.2) is 66.7 Å². The number of carbonyl (C=O) groups is 2. The van der Waals surface area contributed by atoms with E-state index in [1.165, 1.54) is 24.3 Å². The molecule has 3 aromatic rings. The summed E-state index contributed by atoms with van der Waals surface area (Å²) in [7, 11) is 0. The first-order valence-corrected chi connectivity index (χ1v) is 7.90. The largest absolute Gasteiger partial charge is 0.273 e. The van der Waals surface area contributed by atoms with E-state index >= 15 is 0 Å². The summed E-state index contributed by atoms with van der Waals surface area (Å²) < 4.78 is 12.8. The van der Waals surface area contributed by atoms with E-state index in [2.05, 4.69) is 10.9 Å². The summed E-state index contributed by atoms with van der Waals surface area (Å²) >= 11 is 0. The van der Waals surface area contributed by atoms with Crippen molar-refractivity contribution in [3.8, 4) is 0 Å². The van der Waals surface area contributed by atoms with Crippen LogP contribution in [-0.4, -0.2) is 11.8 Å². The molecule has 5 heteroatoms. The fourth-order valence-electron chi connectivity index (χ4n) is 2.55. The van der Waals surface area contributed by atoms with Crippen molar-refractivity contribution < 1.29 is 14.0 Å². The maximum Gasteiger partial charge on any atom is 0.242 e. The van der Waals surface area contributed by atoms with Gasteiger partial charge < -0.3 is 0 Å². The van der Waals surface area contributed by atoms with Crippen molar-refractivity contribution in [3.05, 3.63) is 83.7 Å². The van der Waals surface area contributed by atoms with Crippen LogP contribution in [0.3, 0.4) is 0 Å². The minimum absolute atomic E-state index is 0.0660. The number of carbonyl (C=O) groups excluding carboxylic acids is 2. The summed E-state index contributed by atoms with van der Waals surface area (Å²) in [6, 6.07) is 19.4. The Kier molecular flexibility index (Phi) is 5.04. The van der Waals surface area contributed by atoms with Crippen LogP contribution in [0.1, 0.15) is 11.1 Å². The average Bonchev–Trinajstić information content (AvgIpc) is 2.62. The molecule has 0 atom stereocenters. The van der Waals surface area contributed by atoms with Gasteiger partial charge in [0.25, 0.3) is 0 Å². The van der Waals surface area contributed by atoms with Gasteiger partial charge in [-0.2, -0.15) is 0 Å². The van der Waals surface area contributed by atoms with Crippen LogP contribution in [0.2, 0.25) is 0 Å². The molecule has 0 saturated heterocycles. The van der Waals surface area contributed by atoms with Gasteiger partial charge in [-0.25, -0.2) is 4.39 Å². The molecule has 3 aromatic carbocycles. The normalized spacial score (nSPS) is 10.4. The quantitative estimate of drug-likeness (QED) is 0.720. The van der Waals surface area contributed by atoms with Crippen LogP contribution in [-0.2, 0) is 22.4 Å². The molecule has 0 saturated carbocycles. The second-order valence-electron chi connectivity index (χ2n) is 5.76. The summed E-state index contributed by atoms with van der Waals surface area (Å²) in [5.74, 6) is -1.02. The zero-order valence-electron chi connectivity index (χ0n) is 13.5. The van der Waals surface area contributed by atoms with Gasteiger partial charge in [0.1, 0.15) is 5.82 Å². The van der Waals surface area contributed by atoms with Crippen molar-refractivity contribution >= 4 is 22.6 Å². The van der Waals surface area contributed by atoms with Gasteiger partial charge in [-0.3, -0.25) is 20.4 Å². The minimum Gasteiger partial charge on any atom is -0.273 e. The Labute approximate surface area is 144 Å². The third kappa shape index (κ3) is 4.64. The summed E-state index contributed by atoms with van der Waals surface area (Å²) in [6.07, 6.45) is 0.234. The van der Waals surface area contributed by atoms with Gasteiger partial charge in [-0.1, -0.05) is 54.6 Å². The number of hydrazine groups is 1. The molecule has 4 nitrogen and oxygen atoms in total. The molecule has 0 spiro atoms. The summed E-state index contributed by atoms with van der Waals surface area (Å²) in [6.45, 7) is 0. The van der Waals surface area contributed by atoms with Gasteiger partial charge in [-0.05, 0) is 34.0 Å². The lowest BCUT2D eigenvalue weighted by Crippen LogP contribution is -2.43. The van der Waals surface area contributed by atoms with E-state index in [1.54, 1.807) is 0 Å². The molecule has 0 fully saturated rings. The monoisotopic (exact) mass is 336 g/mol. The third-order valence-electron chi connectivity index (χ3n) is 3.80. The first-order chi connectivity index (χ1) is 12.1. The third-order valence-corrected chi connectivity index (χ3v) is 3.80. The lowest BCUT2D eigenvalue weighted by Gasteiger charge is -2.08. The zero-order valence-corrected chi connectivity index (χ0v) is 13.5. The van der Waals surface area contributed by atoms with E-state index in [4.69, 9.17) is 0 Å². The Hall–Kier alpha value is -3.21. The van der Waals surface area contributed by atoms with Gasteiger partial charge in [0.2, 0.25) is 11.8 Å². The van der Waals surface area contributed by atoms with Crippen molar-refractivity contribution in [2.75, 3.05) is 0 Å². The standard InChI is InChI=1S/C20H17FN2O2/c21-18-9-6-14(7-10-18)12-19(24)22-23-20(25)13-15-5-8-16-3-1-2-4-17(16)11-15/h1-11H,12-13H2,(H,22,24)(H,23,25). The van der Waals surface area contributed by atoms with Crippen molar-refractivity contribution in [1.29, 1.82) is 0 Å².